The molecule has 0 heterocycles. The zero-order valence-corrected chi connectivity index (χ0v) is 4.70. The van der Waals surface area contributed by atoms with E-state index in [1.807, 2.05) is 0 Å². The molecule has 0 aromatic rings. The summed E-state index contributed by atoms with van der Waals surface area (Å²) in [6.07, 6.45) is 0. The van der Waals surface area contributed by atoms with Crippen molar-refractivity contribution in [3.63, 3.8) is 0 Å². The molecule has 1 N–H and O–H groups in total. The molecule has 2 unspecified atom stereocenters. The molecule has 2 nitrogen and oxygen atoms in total. The third-order valence-corrected chi connectivity index (χ3v) is 1.19. The Morgan fingerprint density at radius 1 is 2.20 bits per heavy atom. The summed E-state index contributed by atoms with van der Waals surface area (Å²) < 4.78 is 10.4. The quantitative estimate of drug-likeness (QED) is 0.332. The van der Waals surface area contributed by atoms with Gasteiger partial charge in [-0.05, 0) is 6.66 Å². The zero-order valence-electron chi connectivity index (χ0n) is 3.80. The molecule has 0 amide bonds. The predicted octanol–water partition coefficient (Wildman–Crippen LogP) is 1.29. The smallest absolute Gasteiger partial charge is 0.0768 e. The molecule has 0 aromatic carbocycles. The first-order valence-electron chi connectivity index (χ1n) is 1.50. The molecule has 0 aromatic heterocycles. The molecule has 32 valence electrons. The molecular formula is CH6O2P2. The van der Waals surface area contributed by atoms with Crippen molar-refractivity contribution in [2.75, 3.05) is 6.66 Å². The van der Waals surface area contributed by atoms with E-state index >= 15 is 0 Å². The van der Waals surface area contributed by atoms with E-state index in [9.17, 15) is 0 Å². The minimum atomic E-state index is -0.795. The topological polar surface area (TPSA) is 29.5 Å². The van der Waals surface area contributed by atoms with Gasteiger partial charge in [0.25, 0.3) is 0 Å². The Balaban J connectivity index is 2.63. The van der Waals surface area contributed by atoms with Crippen LogP contribution in [0, 0.1) is 0 Å². The van der Waals surface area contributed by atoms with Crippen LogP contribution in [0.25, 0.3) is 0 Å². The molecule has 0 bridgehead atoms. The van der Waals surface area contributed by atoms with Gasteiger partial charge in [0.05, 0.1) is 9.77 Å². The van der Waals surface area contributed by atoms with Gasteiger partial charge >= 0.3 is 0 Å². The van der Waals surface area contributed by atoms with Crippen LogP contribution >= 0.6 is 16.7 Å². The van der Waals surface area contributed by atoms with Crippen LogP contribution in [-0.2, 0) is 4.67 Å². The van der Waals surface area contributed by atoms with Crippen LogP contribution in [0.5, 0.6) is 0 Å². The van der Waals surface area contributed by atoms with E-state index in [-0.39, 0.29) is 8.50 Å². The van der Waals surface area contributed by atoms with Crippen LogP contribution in [0.2, 0.25) is 0 Å². The van der Waals surface area contributed by atoms with Gasteiger partial charge in [-0.1, -0.05) is 8.21 Å². The Kier molecular flexibility index (Phi) is 3.78. The van der Waals surface area contributed by atoms with Crippen molar-refractivity contribution in [1.82, 2.24) is 0 Å². The Bertz CT molecular complexity index is 32.7. The maximum absolute atomic E-state index is 7.65. The lowest BCUT2D eigenvalue weighted by atomic mass is 12.0. The Morgan fingerprint density at radius 3 is 2.80 bits per heavy atom. The molecule has 4 heteroatoms. The lowest BCUT2D eigenvalue weighted by molar-refractivity contribution is -0.120. The second-order valence-corrected chi connectivity index (χ2v) is 3.11. The first-order valence-corrected chi connectivity index (χ1v) is 4.15. The fourth-order valence-electron chi connectivity index (χ4n) is 0.0408. The van der Waals surface area contributed by atoms with Gasteiger partial charge in [-0.25, -0.2) is 9.93 Å². The van der Waals surface area contributed by atoms with Gasteiger partial charge in [-0.15, -0.1) is 0 Å². The van der Waals surface area contributed by atoms with Gasteiger partial charge < -0.3 is 0 Å². The van der Waals surface area contributed by atoms with Crippen molar-refractivity contribution in [2.24, 2.45) is 0 Å². The molecule has 5 heavy (non-hydrogen) atoms. The Morgan fingerprint density at radius 2 is 2.80 bits per heavy atom. The molecule has 0 rings (SSSR count). The summed E-state index contributed by atoms with van der Waals surface area (Å²) in [4.78, 5) is 0. The van der Waals surface area contributed by atoms with Crippen LogP contribution in [0.4, 0.5) is 0 Å². The second-order valence-electron chi connectivity index (χ2n) is 0.406. The van der Waals surface area contributed by atoms with E-state index < -0.39 is 8.21 Å². The van der Waals surface area contributed by atoms with Crippen molar-refractivity contribution in [1.29, 1.82) is 1.28 Å². The summed E-state index contributed by atoms with van der Waals surface area (Å²) in [7, 11) is -0.837. The molecule has 0 aliphatic heterocycles. The molecule has 0 radical (unpaired) electrons. The van der Waals surface area contributed by atoms with Crippen molar-refractivity contribution in [2.45, 2.75) is 0 Å². The van der Waals surface area contributed by atoms with Crippen molar-refractivity contribution in [3.05, 3.63) is 0 Å². The maximum Gasteiger partial charge on any atom is 0.0768 e. The summed E-state index contributed by atoms with van der Waals surface area (Å²) in [5.74, 6) is 0. The average Bonchev–Trinajstić information content (AvgIpc) is 1.35. The van der Waals surface area contributed by atoms with Gasteiger partial charge in [0, 0.05) is 0 Å². The highest BCUT2D eigenvalue weighted by Crippen LogP contribution is 2.31. The van der Waals surface area contributed by atoms with Crippen LogP contribution in [-0.4, -0.2) is 13.2 Å². The summed E-state index contributed by atoms with van der Waals surface area (Å²) in [5, 5.41) is 7.65. The first-order chi connectivity index (χ1) is 2.77. The third-order valence-electron chi connectivity index (χ3n) is 0.132. The number of rotatable bonds is 2. The monoisotopic (exact) mass is 113 g/mol. The number of hydrogen-bond acceptors (Lipinski definition) is 2. The van der Waals surface area contributed by atoms with E-state index in [1.165, 1.54) is 0 Å². The fourth-order valence-corrected chi connectivity index (χ4v) is 0.367. The maximum atomic E-state index is 7.65. The number of hydrogen-bond donors (Lipinski definition) is 1. The molecular weight excluding hydrogens is 106 g/mol. The highest BCUT2D eigenvalue weighted by Gasteiger charge is 1.67. The van der Waals surface area contributed by atoms with Gasteiger partial charge in [0.15, 0.2) is 0 Å². The van der Waals surface area contributed by atoms with Gasteiger partial charge in [-0.2, -0.15) is 0 Å². The van der Waals surface area contributed by atoms with Crippen LogP contribution in [0.1, 0.15) is 0 Å². The van der Waals surface area contributed by atoms with Crippen molar-refractivity contribution < 1.29 is 9.93 Å². The summed E-state index contributed by atoms with van der Waals surface area (Å²) >= 11 is 0. The summed E-state index contributed by atoms with van der Waals surface area (Å²) in [6.45, 7) is 1.71. The average molecular weight is 113 g/mol. The second kappa shape index (κ2) is 4.78. The lowest BCUT2D eigenvalue weighted by Crippen LogP contribution is -1.49. The van der Waals surface area contributed by atoms with E-state index in [1.54, 1.807) is 6.66 Å². The minimum Gasteiger partial charge on any atom is -0.248 e. The van der Waals surface area contributed by atoms with E-state index in [2.05, 4.69) is 4.67 Å². The normalized spacial score (nSPS) is 20.0. The van der Waals surface area contributed by atoms with Crippen LogP contribution < -0.4 is 0 Å². The van der Waals surface area contributed by atoms with E-state index in [4.69, 9.17) is 6.54 Å². The molecule has 0 aliphatic rings. The summed E-state index contributed by atoms with van der Waals surface area (Å²) in [5.41, 5.74) is 0. The minimum absolute atomic E-state index is 0.0417. The summed E-state index contributed by atoms with van der Waals surface area (Å²) in [6, 6.07) is 0. The molecule has 0 saturated carbocycles. The highest BCUT2D eigenvalue weighted by molar-refractivity contribution is 8.09. The molecule has 0 aliphatic carbocycles. The van der Waals surface area contributed by atoms with Gasteiger partial charge in [-0.3, -0.25) is 0 Å². The van der Waals surface area contributed by atoms with Gasteiger partial charge in [0.1, 0.15) is 0 Å². The molecule has 2 atom stereocenters. The predicted molar refractivity (Wildman–Crippen MR) is 26.3 cm³/mol. The first kappa shape index (κ1) is 3.95. The van der Waals surface area contributed by atoms with E-state index in [0.717, 1.165) is 0 Å². The largest absolute Gasteiger partial charge is 0.248 e. The van der Waals surface area contributed by atoms with Crippen molar-refractivity contribution >= 4 is 16.7 Å². The molecule has 0 saturated heterocycles. The Hall–Kier alpha value is 0.780. The standard InChI is InChI=1S/CH6O2P2/c1-4-5-3-2/h2,4-5H,1H3/i4D. The van der Waals surface area contributed by atoms with Crippen LogP contribution in [0.15, 0.2) is 0 Å². The third kappa shape index (κ3) is 4.78. The molecule has 0 spiro atoms. The zero-order chi connectivity index (χ0) is 4.99. The van der Waals surface area contributed by atoms with Crippen LogP contribution in [0.3, 0.4) is 0 Å². The molecule has 0 fully saturated rings. The SMILES string of the molecule is [2H]P(C)POO. The Labute approximate surface area is 35.7 Å². The van der Waals surface area contributed by atoms with Gasteiger partial charge in [0.2, 0.25) is 0 Å². The lowest BCUT2D eigenvalue weighted by Gasteiger charge is -1.81. The van der Waals surface area contributed by atoms with E-state index in [0.29, 0.717) is 0 Å². The fraction of sp³-hybridized carbons (Fsp3) is 1.00. The highest BCUT2D eigenvalue weighted by atomic mass is 32.0. The van der Waals surface area contributed by atoms with Crippen molar-refractivity contribution in [3.8, 4) is 0 Å².